The molecule has 3 aromatic heterocycles. The quantitative estimate of drug-likeness (QED) is 0.194. The first-order chi connectivity index (χ1) is 24.6. The highest BCUT2D eigenvalue weighted by atomic mass is 79.9. The molecule has 0 radical (unpaired) electrons. The lowest BCUT2D eigenvalue weighted by Gasteiger charge is -2.15. The molecule has 0 fully saturated rings. The summed E-state index contributed by atoms with van der Waals surface area (Å²) in [6.45, 7) is 0. The molecule has 0 saturated heterocycles. The lowest BCUT2D eigenvalue weighted by atomic mass is 9.93. The molecule has 2 aliphatic heterocycles. The third kappa shape index (κ3) is 5.47. The molecule has 6 heteroatoms. The van der Waals surface area contributed by atoms with Crippen molar-refractivity contribution < 1.29 is 0 Å². The van der Waals surface area contributed by atoms with Crippen LogP contribution in [-0.4, -0.2) is 19.5 Å². The second kappa shape index (κ2) is 12.7. The van der Waals surface area contributed by atoms with Gasteiger partial charge in [-0.3, -0.25) is 0 Å². The van der Waals surface area contributed by atoms with E-state index in [2.05, 4.69) is 205 Å². The van der Waals surface area contributed by atoms with Gasteiger partial charge in [-0.15, -0.1) is 0 Å². The molecular formula is C44H28Br2N4. The molecular weight excluding hydrogens is 744 g/mol. The Kier molecular flexibility index (Phi) is 7.76. The van der Waals surface area contributed by atoms with E-state index >= 15 is 0 Å². The minimum Gasteiger partial charge on any atom is -0.354 e. The van der Waals surface area contributed by atoms with Crippen molar-refractivity contribution in [2.24, 2.45) is 0 Å². The van der Waals surface area contributed by atoms with Gasteiger partial charge in [0.1, 0.15) is 0 Å². The largest absolute Gasteiger partial charge is 0.354 e. The number of aromatic amines is 1. The third-order valence-corrected chi connectivity index (χ3v) is 10.5. The van der Waals surface area contributed by atoms with E-state index in [-0.39, 0.29) is 0 Å². The van der Waals surface area contributed by atoms with Crippen molar-refractivity contribution in [3.05, 3.63) is 183 Å². The van der Waals surface area contributed by atoms with Crippen LogP contribution < -0.4 is 0 Å². The van der Waals surface area contributed by atoms with Crippen molar-refractivity contribution >= 4 is 77.7 Å². The highest BCUT2D eigenvalue weighted by Crippen LogP contribution is 2.47. The van der Waals surface area contributed by atoms with Gasteiger partial charge in [-0.1, -0.05) is 109 Å². The molecule has 2 aliphatic rings. The first-order valence-corrected chi connectivity index (χ1v) is 18.0. The van der Waals surface area contributed by atoms with Gasteiger partial charge in [-0.2, -0.15) is 0 Å². The highest BCUT2D eigenvalue weighted by Gasteiger charge is 2.26. The first kappa shape index (κ1) is 30.5. The number of benzene rings is 4. The molecule has 4 nitrogen and oxygen atoms in total. The van der Waals surface area contributed by atoms with E-state index in [1.54, 1.807) is 0 Å². The van der Waals surface area contributed by atoms with Crippen LogP contribution in [0.1, 0.15) is 28.3 Å². The van der Waals surface area contributed by atoms with Gasteiger partial charge in [-0.05, 0) is 103 Å². The molecule has 7 aromatic rings. The van der Waals surface area contributed by atoms with Gasteiger partial charge in [0.2, 0.25) is 0 Å². The fourth-order valence-electron chi connectivity index (χ4n) is 6.82. The Labute approximate surface area is 306 Å². The Bertz CT molecular complexity index is 2640. The standard InChI is InChI=1S/C44H28Br2N4/c45-37-25-34-23-33-24-36(28-13-5-1-6-14-28)43(49-33)41(30-17-9-3-10-18-30)44-40(29-15-7-2-8-16-29)42(46)39(50(44)35-19-11-4-12-20-35)27-32-22-21-31(47-32)26-38(37)48-34/h1-27,48H. The molecule has 50 heavy (non-hydrogen) atoms. The molecule has 9 rings (SSSR count). The normalized spacial score (nSPS) is 12.2. The number of H-pyrrole nitrogens is 1. The summed E-state index contributed by atoms with van der Waals surface area (Å²) in [7, 11) is 0. The molecule has 238 valence electrons. The summed E-state index contributed by atoms with van der Waals surface area (Å²) >= 11 is 7.94. The average Bonchev–Trinajstić information content (AvgIpc) is 3.93. The Morgan fingerprint density at radius 1 is 0.540 bits per heavy atom. The van der Waals surface area contributed by atoms with Gasteiger partial charge in [0.05, 0.1) is 43.8 Å². The smallest absolute Gasteiger partial charge is 0.0815 e. The lowest BCUT2D eigenvalue weighted by molar-refractivity contribution is 1.17. The molecule has 0 saturated carbocycles. The van der Waals surface area contributed by atoms with E-state index in [4.69, 9.17) is 9.97 Å². The zero-order valence-corrected chi connectivity index (χ0v) is 29.9. The van der Waals surface area contributed by atoms with Gasteiger partial charge in [-0.25, -0.2) is 9.97 Å². The number of fused-ring (bicyclic) bond motifs is 8. The van der Waals surface area contributed by atoms with E-state index < -0.39 is 0 Å². The van der Waals surface area contributed by atoms with Crippen LogP contribution in [-0.2, 0) is 0 Å². The summed E-state index contributed by atoms with van der Waals surface area (Å²) in [4.78, 5) is 14.1. The van der Waals surface area contributed by atoms with E-state index in [9.17, 15) is 0 Å². The molecule has 0 atom stereocenters. The summed E-state index contributed by atoms with van der Waals surface area (Å²) in [5, 5.41) is 0. The van der Waals surface area contributed by atoms with Gasteiger partial charge in [0.25, 0.3) is 0 Å². The average molecular weight is 773 g/mol. The maximum Gasteiger partial charge on any atom is 0.0815 e. The number of rotatable bonds is 4. The zero-order chi connectivity index (χ0) is 33.6. The Hall–Kier alpha value is -5.56. The maximum atomic E-state index is 5.49. The molecule has 0 amide bonds. The summed E-state index contributed by atoms with van der Waals surface area (Å²) < 4.78 is 4.30. The SMILES string of the molecule is Brc1cc2cc3nc(c(-c4ccccc4)c4c(-c5ccccc5)c(Br)c(cc5nc(cc1[nH]2)C=C5)n4-c1ccccc1)C(c1ccccc1)=C3. The number of halogens is 2. The number of nitrogens with one attached hydrogen (secondary N) is 1. The summed E-state index contributed by atoms with van der Waals surface area (Å²) in [5.41, 5.74) is 14.8. The predicted molar refractivity (Wildman–Crippen MR) is 215 cm³/mol. The fourth-order valence-corrected chi connectivity index (χ4v) is 7.99. The van der Waals surface area contributed by atoms with Crippen molar-refractivity contribution in [2.75, 3.05) is 0 Å². The van der Waals surface area contributed by atoms with E-state index in [0.717, 1.165) is 92.9 Å². The monoisotopic (exact) mass is 770 g/mol. The third-order valence-electron chi connectivity index (χ3n) is 9.01. The second-order valence-corrected chi connectivity index (χ2v) is 13.9. The van der Waals surface area contributed by atoms with Crippen LogP contribution in [0.2, 0.25) is 0 Å². The van der Waals surface area contributed by atoms with Crippen LogP contribution in [0.15, 0.2) is 155 Å². The van der Waals surface area contributed by atoms with Gasteiger partial charge in [0.15, 0.2) is 0 Å². The molecule has 4 aromatic carbocycles. The summed E-state index contributed by atoms with van der Waals surface area (Å²) in [6.07, 6.45) is 6.33. The van der Waals surface area contributed by atoms with E-state index in [1.165, 1.54) is 0 Å². The summed E-state index contributed by atoms with van der Waals surface area (Å²) in [6, 6.07) is 50.8. The van der Waals surface area contributed by atoms with Crippen LogP contribution in [0.5, 0.6) is 0 Å². The van der Waals surface area contributed by atoms with Crippen molar-refractivity contribution in [1.29, 1.82) is 0 Å². The Balaban J connectivity index is 1.59. The molecule has 0 spiro atoms. The predicted octanol–water partition coefficient (Wildman–Crippen LogP) is 12.4. The fraction of sp³-hybridized carbons (Fsp3) is 0. The number of para-hydroxylation sites is 1. The van der Waals surface area contributed by atoms with Crippen molar-refractivity contribution in [2.45, 2.75) is 0 Å². The lowest BCUT2D eigenvalue weighted by Crippen LogP contribution is -1.98. The first-order valence-electron chi connectivity index (χ1n) is 16.4. The van der Waals surface area contributed by atoms with Gasteiger partial charge in [0, 0.05) is 32.4 Å². The minimum atomic E-state index is 0.860. The van der Waals surface area contributed by atoms with Crippen LogP contribution in [0.25, 0.3) is 73.8 Å². The zero-order valence-electron chi connectivity index (χ0n) is 26.7. The van der Waals surface area contributed by atoms with Gasteiger partial charge < -0.3 is 9.55 Å². The van der Waals surface area contributed by atoms with Crippen LogP contribution >= 0.6 is 31.9 Å². The van der Waals surface area contributed by atoms with Crippen LogP contribution in [0, 0.1) is 0 Å². The highest BCUT2D eigenvalue weighted by molar-refractivity contribution is 9.11. The molecule has 0 aliphatic carbocycles. The van der Waals surface area contributed by atoms with E-state index in [0.29, 0.717) is 0 Å². The molecule has 5 heterocycles. The Morgan fingerprint density at radius 3 is 1.78 bits per heavy atom. The van der Waals surface area contributed by atoms with E-state index in [1.807, 2.05) is 0 Å². The van der Waals surface area contributed by atoms with Crippen LogP contribution in [0.4, 0.5) is 0 Å². The minimum absolute atomic E-state index is 0.860. The number of hydrogen-bond donors (Lipinski definition) is 1. The number of nitrogens with zero attached hydrogens (tertiary/aromatic N) is 3. The summed E-state index contributed by atoms with van der Waals surface area (Å²) in [5.74, 6) is 0. The molecule has 0 unspecified atom stereocenters. The second-order valence-electron chi connectivity index (χ2n) is 12.2. The van der Waals surface area contributed by atoms with Crippen LogP contribution in [0.3, 0.4) is 0 Å². The number of hydrogen-bond acceptors (Lipinski definition) is 2. The maximum absolute atomic E-state index is 5.49. The molecule has 1 N–H and O–H groups in total. The van der Waals surface area contributed by atoms with Crippen molar-refractivity contribution in [3.8, 4) is 27.9 Å². The van der Waals surface area contributed by atoms with Gasteiger partial charge >= 0.3 is 0 Å². The van der Waals surface area contributed by atoms with Crippen molar-refractivity contribution in [3.63, 3.8) is 0 Å². The Morgan fingerprint density at radius 2 is 1.12 bits per heavy atom. The topological polar surface area (TPSA) is 46.5 Å². The molecule has 8 bridgehead atoms. The van der Waals surface area contributed by atoms with Crippen molar-refractivity contribution in [1.82, 2.24) is 19.5 Å². The number of aromatic nitrogens is 4.